The van der Waals surface area contributed by atoms with Crippen LogP contribution >= 0.6 is 22.9 Å². The van der Waals surface area contributed by atoms with Crippen LogP contribution in [-0.2, 0) is 6.42 Å². The van der Waals surface area contributed by atoms with E-state index in [9.17, 15) is 0 Å². The van der Waals surface area contributed by atoms with E-state index in [-0.39, 0.29) is 0 Å². The Balaban J connectivity index is 1.82. The van der Waals surface area contributed by atoms with Crippen LogP contribution in [0.3, 0.4) is 0 Å². The Morgan fingerprint density at radius 1 is 1.42 bits per heavy atom. The second kappa shape index (κ2) is 6.60. The molecule has 0 aliphatic heterocycles. The third kappa shape index (κ3) is 4.21. The minimum atomic E-state index is 0.401. The van der Waals surface area contributed by atoms with Gasteiger partial charge in [0, 0.05) is 17.5 Å². The van der Waals surface area contributed by atoms with Gasteiger partial charge in [-0.25, -0.2) is 0 Å². The number of aryl methyl sites for hydroxylation is 1. The fraction of sp³-hybridized carbons (Fsp3) is 0.750. The van der Waals surface area contributed by atoms with Crippen LogP contribution in [0.15, 0.2) is 6.07 Å². The molecule has 2 rings (SSSR count). The molecule has 0 radical (unpaired) electrons. The SMILES string of the molecule is CCCCCC(C)(C)CNC1CCc2sc(Cl)cc21. The Hall–Kier alpha value is -0.0500. The lowest BCUT2D eigenvalue weighted by Gasteiger charge is -2.27. The maximum Gasteiger partial charge on any atom is 0.0934 e. The number of thiophene rings is 1. The summed E-state index contributed by atoms with van der Waals surface area (Å²) in [6.07, 6.45) is 7.77. The molecule has 1 aromatic rings. The van der Waals surface area contributed by atoms with E-state index in [1.165, 1.54) is 49.0 Å². The molecule has 1 aliphatic rings. The Bertz CT molecular complexity index is 411. The van der Waals surface area contributed by atoms with E-state index in [0.717, 1.165) is 10.9 Å². The summed E-state index contributed by atoms with van der Waals surface area (Å²) in [7, 11) is 0. The maximum atomic E-state index is 6.11. The van der Waals surface area contributed by atoms with Crippen LogP contribution in [0.2, 0.25) is 4.34 Å². The zero-order chi connectivity index (χ0) is 13.9. The van der Waals surface area contributed by atoms with Gasteiger partial charge in [-0.05, 0) is 36.3 Å². The van der Waals surface area contributed by atoms with E-state index in [1.54, 1.807) is 11.3 Å². The number of fused-ring (bicyclic) bond motifs is 1. The first kappa shape index (κ1) is 15.3. The largest absolute Gasteiger partial charge is 0.309 e. The van der Waals surface area contributed by atoms with Gasteiger partial charge < -0.3 is 5.32 Å². The monoisotopic (exact) mass is 299 g/mol. The summed E-state index contributed by atoms with van der Waals surface area (Å²) in [4.78, 5) is 1.49. The van der Waals surface area contributed by atoms with Gasteiger partial charge in [0.1, 0.15) is 0 Å². The molecule has 1 atom stereocenters. The molecular weight excluding hydrogens is 274 g/mol. The molecule has 0 saturated heterocycles. The van der Waals surface area contributed by atoms with Crippen molar-refractivity contribution in [3.8, 4) is 0 Å². The average Bonchev–Trinajstić information content (AvgIpc) is 2.86. The van der Waals surface area contributed by atoms with E-state index < -0.39 is 0 Å². The highest BCUT2D eigenvalue weighted by Crippen LogP contribution is 2.39. The second-order valence-electron chi connectivity index (χ2n) is 6.52. The van der Waals surface area contributed by atoms with Gasteiger partial charge in [-0.1, -0.05) is 51.6 Å². The number of unbranched alkanes of at least 4 members (excludes halogenated alkanes) is 2. The van der Waals surface area contributed by atoms with Crippen LogP contribution < -0.4 is 5.32 Å². The Morgan fingerprint density at radius 2 is 2.21 bits per heavy atom. The predicted molar refractivity (Wildman–Crippen MR) is 86.3 cm³/mol. The quantitative estimate of drug-likeness (QED) is 0.648. The Labute approximate surface area is 126 Å². The van der Waals surface area contributed by atoms with Gasteiger partial charge in [-0.2, -0.15) is 0 Å². The first-order valence-electron chi connectivity index (χ1n) is 7.53. The summed E-state index contributed by atoms with van der Waals surface area (Å²) in [6, 6.07) is 2.69. The molecule has 1 aliphatic carbocycles. The lowest BCUT2D eigenvalue weighted by atomic mass is 9.86. The van der Waals surface area contributed by atoms with Crippen molar-refractivity contribution < 1.29 is 0 Å². The number of halogens is 1. The number of hydrogen-bond donors (Lipinski definition) is 1. The van der Waals surface area contributed by atoms with Gasteiger partial charge in [0.05, 0.1) is 4.34 Å². The summed E-state index contributed by atoms with van der Waals surface area (Å²) in [5, 5.41) is 3.77. The number of nitrogens with one attached hydrogen (secondary N) is 1. The van der Waals surface area contributed by atoms with E-state index in [2.05, 4.69) is 32.2 Å². The van der Waals surface area contributed by atoms with Crippen molar-refractivity contribution in [2.45, 2.75) is 65.3 Å². The zero-order valence-electron chi connectivity index (χ0n) is 12.4. The Morgan fingerprint density at radius 3 is 2.95 bits per heavy atom. The topological polar surface area (TPSA) is 12.0 Å². The van der Waals surface area contributed by atoms with Crippen molar-refractivity contribution in [3.05, 3.63) is 20.8 Å². The first-order valence-corrected chi connectivity index (χ1v) is 8.73. The molecule has 1 heterocycles. The van der Waals surface area contributed by atoms with E-state index >= 15 is 0 Å². The summed E-state index contributed by atoms with van der Waals surface area (Å²) >= 11 is 7.87. The molecule has 108 valence electrons. The first-order chi connectivity index (χ1) is 9.02. The highest BCUT2D eigenvalue weighted by molar-refractivity contribution is 7.16. The minimum Gasteiger partial charge on any atom is -0.309 e. The lowest BCUT2D eigenvalue weighted by molar-refractivity contribution is 0.287. The van der Waals surface area contributed by atoms with Crippen LogP contribution in [-0.4, -0.2) is 6.54 Å². The summed E-state index contributed by atoms with van der Waals surface area (Å²) in [6.45, 7) is 8.14. The lowest BCUT2D eigenvalue weighted by Crippen LogP contribution is -2.31. The van der Waals surface area contributed by atoms with Crippen LogP contribution in [0.25, 0.3) is 0 Å². The molecule has 1 aromatic heterocycles. The van der Waals surface area contributed by atoms with Gasteiger partial charge >= 0.3 is 0 Å². The second-order valence-corrected chi connectivity index (χ2v) is 8.29. The summed E-state index contributed by atoms with van der Waals surface area (Å²) in [5.41, 5.74) is 1.86. The van der Waals surface area contributed by atoms with Crippen molar-refractivity contribution in [3.63, 3.8) is 0 Å². The van der Waals surface area contributed by atoms with Crippen LogP contribution in [0.1, 0.15) is 69.4 Å². The molecule has 19 heavy (non-hydrogen) atoms. The Kier molecular flexibility index (Phi) is 5.33. The molecule has 1 N–H and O–H groups in total. The van der Waals surface area contributed by atoms with Gasteiger partial charge in [-0.3, -0.25) is 0 Å². The predicted octanol–water partition coefficient (Wildman–Crippen LogP) is 5.58. The molecule has 3 heteroatoms. The van der Waals surface area contributed by atoms with Crippen molar-refractivity contribution in [2.75, 3.05) is 6.54 Å². The molecule has 1 nitrogen and oxygen atoms in total. The fourth-order valence-electron chi connectivity index (χ4n) is 2.88. The van der Waals surface area contributed by atoms with Gasteiger partial charge in [0.15, 0.2) is 0 Å². The molecule has 0 saturated carbocycles. The highest BCUT2D eigenvalue weighted by Gasteiger charge is 2.26. The smallest absolute Gasteiger partial charge is 0.0934 e. The van der Waals surface area contributed by atoms with E-state index in [0.29, 0.717) is 11.5 Å². The maximum absolute atomic E-state index is 6.11. The summed E-state index contributed by atoms with van der Waals surface area (Å²) in [5.74, 6) is 0. The standard InChI is InChI=1S/C16H26ClNS/c1-4-5-6-9-16(2,3)11-18-13-7-8-14-12(13)10-15(17)19-14/h10,13,18H,4-9,11H2,1-3H3. The van der Waals surface area contributed by atoms with Crippen LogP contribution in [0.5, 0.6) is 0 Å². The fourth-order valence-corrected chi connectivity index (χ4v) is 4.24. The zero-order valence-corrected chi connectivity index (χ0v) is 14.0. The van der Waals surface area contributed by atoms with Gasteiger partial charge in [-0.15, -0.1) is 11.3 Å². The third-order valence-corrected chi connectivity index (χ3v) is 5.47. The normalized spacial score (nSPS) is 18.8. The number of hydrogen-bond acceptors (Lipinski definition) is 2. The van der Waals surface area contributed by atoms with Crippen LogP contribution in [0, 0.1) is 5.41 Å². The van der Waals surface area contributed by atoms with Crippen molar-refractivity contribution in [1.82, 2.24) is 5.32 Å². The van der Waals surface area contributed by atoms with E-state index in [1.807, 2.05) is 0 Å². The molecule has 1 unspecified atom stereocenters. The molecule has 0 bridgehead atoms. The molecule has 0 fully saturated rings. The minimum absolute atomic E-state index is 0.401. The van der Waals surface area contributed by atoms with Crippen molar-refractivity contribution in [2.24, 2.45) is 5.41 Å². The van der Waals surface area contributed by atoms with Gasteiger partial charge in [0.2, 0.25) is 0 Å². The third-order valence-electron chi connectivity index (χ3n) is 4.13. The van der Waals surface area contributed by atoms with Crippen molar-refractivity contribution >= 4 is 22.9 Å². The summed E-state index contributed by atoms with van der Waals surface area (Å²) < 4.78 is 0.943. The molecule has 0 amide bonds. The van der Waals surface area contributed by atoms with E-state index in [4.69, 9.17) is 11.6 Å². The highest BCUT2D eigenvalue weighted by atomic mass is 35.5. The molecule has 0 aromatic carbocycles. The molecule has 0 spiro atoms. The molecular formula is C16H26ClNS. The average molecular weight is 300 g/mol. The van der Waals surface area contributed by atoms with Crippen molar-refractivity contribution in [1.29, 1.82) is 0 Å². The van der Waals surface area contributed by atoms with Gasteiger partial charge in [0.25, 0.3) is 0 Å². The van der Waals surface area contributed by atoms with Crippen LogP contribution in [0.4, 0.5) is 0 Å². The number of rotatable bonds is 7.